The van der Waals surface area contributed by atoms with Gasteiger partial charge in [0, 0.05) is 19.0 Å². The lowest BCUT2D eigenvalue weighted by Crippen LogP contribution is -2.39. The van der Waals surface area contributed by atoms with Gasteiger partial charge in [0.1, 0.15) is 6.54 Å². The van der Waals surface area contributed by atoms with E-state index in [1.807, 2.05) is 0 Å². The Morgan fingerprint density at radius 2 is 2.05 bits per heavy atom. The normalized spacial score (nSPS) is 23.6. The monoisotopic (exact) mass is 294 g/mol. The third-order valence-corrected chi connectivity index (χ3v) is 3.81. The van der Waals surface area contributed by atoms with E-state index in [0.29, 0.717) is 18.8 Å². The molecule has 1 rings (SSSR count). The van der Waals surface area contributed by atoms with Crippen molar-refractivity contribution in [2.75, 3.05) is 13.1 Å². The van der Waals surface area contributed by atoms with Gasteiger partial charge in [0.25, 0.3) is 0 Å². The van der Waals surface area contributed by atoms with Crippen LogP contribution in [0.1, 0.15) is 51.9 Å². The van der Waals surface area contributed by atoms with Gasteiger partial charge in [0.05, 0.1) is 0 Å². The fourth-order valence-corrected chi connectivity index (χ4v) is 2.86. The van der Waals surface area contributed by atoms with E-state index in [4.69, 9.17) is 5.73 Å². The third-order valence-electron chi connectivity index (χ3n) is 3.81. The fraction of sp³-hybridized carbons (Fsp3) is 0.929. The van der Waals surface area contributed by atoms with Crippen LogP contribution in [0.15, 0.2) is 0 Å². The summed E-state index contributed by atoms with van der Waals surface area (Å²) < 4.78 is 37.3. The maximum Gasteiger partial charge on any atom is 0.406 e. The molecule has 1 aliphatic carbocycles. The van der Waals surface area contributed by atoms with Gasteiger partial charge in [-0.2, -0.15) is 13.2 Å². The molecule has 2 unspecified atom stereocenters. The summed E-state index contributed by atoms with van der Waals surface area (Å²) in [6.07, 6.45) is 1.07. The Morgan fingerprint density at radius 1 is 1.35 bits per heavy atom. The summed E-state index contributed by atoms with van der Waals surface area (Å²) in [5, 5.41) is 0. The van der Waals surface area contributed by atoms with Gasteiger partial charge in [0.15, 0.2) is 0 Å². The minimum absolute atomic E-state index is 0.169. The van der Waals surface area contributed by atoms with Gasteiger partial charge in [0.2, 0.25) is 5.91 Å². The maximum absolute atomic E-state index is 12.4. The molecule has 2 atom stereocenters. The predicted molar refractivity (Wildman–Crippen MR) is 72.1 cm³/mol. The molecule has 0 spiro atoms. The summed E-state index contributed by atoms with van der Waals surface area (Å²) in [5.41, 5.74) is 5.88. The van der Waals surface area contributed by atoms with Crippen LogP contribution in [-0.4, -0.2) is 36.1 Å². The van der Waals surface area contributed by atoms with Crippen LogP contribution in [0, 0.1) is 5.92 Å². The molecule has 0 heterocycles. The molecule has 1 aliphatic rings. The second-order valence-corrected chi connectivity index (χ2v) is 5.76. The average molecular weight is 294 g/mol. The van der Waals surface area contributed by atoms with Crippen LogP contribution in [0.3, 0.4) is 0 Å². The van der Waals surface area contributed by atoms with E-state index >= 15 is 0 Å². The number of amides is 1. The van der Waals surface area contributed by atoms with Crippen molar-refractivity contribution < 1.29 is 18.0 Å². The summed E-state index contributed by atoms with van der Waals surface area (Å²) >= 11 is 0. The molecule has 0 aromatic rings. The second kappa shape index (κ2) is 7.86. The number of nitrogens with two attached hydrogens (primary N) is 1. The molecule has 20 heavy (non-hydrogen) atoms. The molecule has 0 radical (unpaired) electrons. The first-order valence-corrected chi connectivity index (χ1v) is 7.42. The smallest absolute Gasteiger partial charge is 0.334 e. The van der Waals surface area contributed by atoms with Crippen molar-refractivity contribution >= 4 is 5.91 Å². The average Bonchev–Trinajstić information content (AvgIpc) is 2.34. The lowest BCUT2D eigenvalue weighted by Gasteiger charge is -2.28. The fourth-order valence-electron chi connectivity index (χ4n) is 2.86. The van der Waals surface area contributed by atoms with Gasteiger partial charge in [-0.05, 0) is 31.6 Å². The van der Waals surface area contributed by atoms with Crippen LogP contribution >= 0.6 is 0 Å². The van der Waals surface area contributed by atoms with E-state index in [-0.39, 0.29) is 24.9 Å². The molecule has 0 bridgehead atoms. The number of hydrogen-bond donors (Lipinski definition) is 1. The van der Waals surface area contributed by atoms with Crippen LogP contribution < -0.4 is 5.73 Å². The zero-order chi connectivity index (χ0) is 15.2. The number of rotatable bonds is 6. The van der Waals surface area contributed by atoms with E-state index in [0.717, 1.165) is 30.6 Å². The molecule has 118 valence electrons. The third kappa shape index (κ3) is 6.59. The number of carbonyl (C=O) groups is 1. The summed E-state index contributed by atoms with van der Waals surface area (Å²) in [6.45, 7) is 0.809. The van der Waals surface area contributed by atoms with Crippen molar-refractivity contribution in [2.45, 2.75) is 64.1 Å². The van der Waals surface area contributed by atoms with Crippen molar-refractivity contribution in [3.05, 3.63) is 0 Å². The molecule has 0 aromatic heterocycles. The molecule has 1 saturated carbocycles. The highest BCUT2D eigenvalue weighted by Gasteiger charge is 2.32. The van der Waals surface area contributed by atoms with Crippen molar-refractivity contribution in [1.29, 1.82) is 0 Å². The van der Waals surface area contributed by atoms with Crippen LogP contribution in [0.25, 0.3) is 0 Å². The Morgan fingerprint density at radius 3 is 2.60 bits per heavy atom. The molecule has 3 nitrogen and oxygen atoms in total. The molecule has 2 N–H and O–H groups in total. The molecule has 0 saturated heterocycles. The lowest BCUT2D eigenvalue weighted by molar-refractivity contribution is -0.161. The molecule has 1 amide bonds. The minimum Gasteiger partial charge on any atom is -0.334 e. The van der Waals surface area contributed by atoms with Crippen LogP contribution in [-0.2, 0) is 4.79 Å². The highest BCUT2D eigenvalue weighted by molar-refractivity contribution is 5.76. The standard InChI is InChI=1S/C14H25F3N2O/c1-2-8-19(10-14(15,16)17)13(20)7-6-11-4-3-5-12(18)9-11/h11-12H,2-10,18H2,1H3. The van der Waals surface area contributed by atoms with E-state index in [1.54, 1.807) is 6.92 Å². The van der Waals surface area contributed by atoms with Crippen LogP contribution in [0.2, 0.25) is 0 Å². The van der Waals surface area contributed by atoms with Crippen molar-refractivity contribution in [2.24, 2.45) is 11.7 Å². The first kappa shape index (κ1) is 17.3. The van der Waals surface area contributed by atoms with Gasteiger partial charge in [-0.15, -0.1) is 0 Å². The van der Waals surface area contributed by atoms with E-state index in [9.17, 15) is 18.0 Å². The van der Waals surface area contributed by atoms with E-state index in [2.05, 4.69) is 0 Å². The van der Waals surface area contributed by atoms with Gasteiger partial charge < -0.3 is 10.6 Å². The minimum atomic E-state index is -4.32. The lowest BCUT2D eigenvalue weighted by atomic mass is 9.83. The summed E-state index contributed by atoms with van der Waals surface area (Å²) in [6, 6.07) is 0.186. The number of nitrogens with zero attached hydrogens (tertiary/aromatic N) is 1. The van der Waals surface area contributed by atoms with Gasteiger partial charge in [-0.25, -0.2) is 0 Å². The highest BCUT2D eigenvalue weighted by Crippen LogP contribution is 2.27. The van der Waals surface area contributed by atoms with E-state index < -0.39 is 12.7 Å². The number of alkyl halides is 3. The Balaban J connectivity index is 2.41. The number of carbonyl (C=O) groups excluding carboxylic acids is 1. The van der Waals surface area contributed by atoms with Gasteiger partial charge in [-0.3, -0.25) is 4.79 Å². The Hall–Kier alpha value is -0.780. The zero-order valence-corrected chi connectivity index (χ0v) is 12.1. The number of hydrogen-bond acceptors (Lipinski definition) is 2. The highest BCUT2D eigenvalue weighted by atomic mass is 19.4. The summed E-state index contributed by atoms with van der Waals surface area (Å²) in [7, 11) is 0. The first-order chi connectivity index (χ1) is 9.31. The SMILES string of the molecule is CCCN(CC(F)(F)F)C(=O)CCC1CCCC(N)C1. The molecular weight excluding hydrogens is 269 g/mol. The summed E-state index contributed by atoms with van der Waals surface area (Å²) in [4.78, 5) is 12.9. The summed E-state index contributed by atoms with van der Waals surface area (Å²) in [5.74, 6) is 0.000355. The maximum atomic E-state index is 12.4. The van der Waals surface area contributed by atoms with Crippen molar-refractivity contribution in [3.8, 4) is 0 Å². The first-order valence-electron chi connectivity index (χ1n) is 7.42. The molecule has 6 heteroatoms. The second-order valence-electron chi connectivity index (χ2n) is 5.76. The molecule has 1 fully saturated rings. The van der Waals surface area contributed by atoms with E-state index in [1.165, 1.54) is 0 Å². The van der Waals surface area contributed by atoms with Crippen LogP contribution in [0.4, 0.5) is 13.2 Å². The Labute approximate surface area is 118 Å². The van der Waals surface area contributed by atoms with Gasteiger partial charge >= 0.3 is 6.18 Å². The Kier molecular flexibility index (Phi) is 6.79. The Bertz CT molecular complexity index is 307. The number of halogens is 3. The van der Waals surface area contributed by atoms with Crippen molar-refractivity contribution in [1.82, 2.24) is 4.90 Å². The molecule has 0 aromatic carbocycles. The molecular formula is C14H25F3N2O. The van der Waals surface area contributed by atoms with Gasteiger partial charge in [-0.1, -0.05) is 19.8 Å². The topological polar surface area (TPSA) is 46.3 Å². The largest absolute Gasteiger partial charge is 0.406 e. The van der Waals surface area contributed by atoms with Crippen LogP contribution in [0.5, 0.6) is 0 Å². The predicted octanol–water partition coefficient (Wildman–Crippen LogP) is 3.09. The van der Waals surface area contributed by atoms with Crippen molar-refractivity contribution in [3.63, 3.8) is 0 Å². The quantitative estimate of drug-likeness (QED) is 0.818. The zero-order valence-electron chi connectivity index (χ0n) is 12.1. The molecule has 0 aliphatic heterocycles.